The number of carbonyl (C=O) groups excluding carboxylic acids is 1. The maximum atomic E-state index is 12.9. The highest BCUT2D eigenvalue weighted by Gasteiger charge is 2.06. The molecular weight excluding hydrogens is 609 g/mol. The van der Waals surface area contributed by atoms with E-state index in [1.54, 1.807) is 6.08 Å². The van der Waals surface area contributed by atoms with Gasteiger partial charge in [0.05, 0.1) is 13.2 Å². The minimum Gasteiger partial charge on any atom is -0.493 e. The number of benzene rings is 2. The van der Waals surface area contributed by atoms with Crippen molar-refractivity contribution in [3.63, 3.8) is 0 Å². The summed E-state index contributed by atoms with van der Waals surface area (Å²) in [6.07, 6.45) is 34.6. The fourth-order valence-corrected chi connectivity index (χ4v) is 6.79. The number of hydrogen-bond donors (Lipinski definition) is 0. The maximum Gasteiger partial charge on any atom is 0.185 e. The third-order valence-electron chi connectivity index (χ3n) is 9.02. The predicted octanol–water partition coefficient (Wildman–Crippen LogP) is 14.5. The van der Waals surface area contributed by atoms with Gasteiger partial charge in [-0.25, -0.2) is 0 Å². The molecule has 0 fully saturated rings. The lowest BCUT2D eigenvalue weighted by Gasteiger charge is -2.11. The van der Waals surface area contributed by atoms with Crippen molar-refractivity contribution >= 4 is 23.6 Å². The Morgan fingerprint density at radius 2 is 0.958 bits per heavy atom. The van der Waals surface area contributed by atoms with Crippen molar-refractivity contribution in [2.24, 2.45) is 0 Å². The van der Waals surface area contributed by atoms with Crippen molar-refractivity contribution in [3.05, 3.63) is 59.7 Å². The lowest BCUT2D eigenvalue weighted by atomic mass is 10.0. The molecule has 3 nitrogen and oxygen atoms in total. The van der Waals surface area contributed by atoms with Gasteiger partial charge in [0, 0.05) is 16.5 Å². The van der Waals surface area contributed by atoms with Crippen LogP contribution < -0.4 is 9.47 Å². The van der Waals surface area contributed by atoms with Gasteiger partial charge in [-0.15, -0.1) is 11.8 Å². The summed E-state index contributed by atoms with van der Waals surface area (Å²) in [7, 11) is 0. The van der Waals surface area contributed by atoms with Crippen molar-refractivity contribution in [1.29, 1.82) is 0 Å². The van der Waals surface area contributed by atoms with Crippen molar-refractivity contribution in [2.45, 2.75) is 173 Å². The zero-order chi connectivity index (χ0) is 34.3. The minimum absolute atomic E-state index is 0.0103. The SMILES string of the molecule is CCCCCCCCCCCCCCCCCCCCCSc1ccc(C(=O)/C=C/c2cc(OCCCC)cc(OCCCC)c2)cc1. The number of carbonyl (C=O) groups is 1. The van der Waals surface area contributed by atoms with Gasteiger partial charge in [-0.1, -0.05) is 155 Å². The van der Waals surface area contributed by atoms with E-state index in [0.717, 1.165) is 48.5 Å². The highest BCUT2D eigenvalue weighted by Crippen LogP contribution is 2.25. The van der Waals surface area contributed by atoms with Crippen molar-refractivity contribution in [1.82, 2.24) is 0 Å². The van der Waals surface area contributed by atoms with Gasteiger partial charge < -0.3 is 9.47 Å². The van der Waals surface area contributed by atoms with Gasteiger partial charge in [-0.3, -0.25) is 4.79 Å². The first kappa shape index (κ1) is 42.0. The van der Waals surface area contributed by atoms with Gasteiger partial charge in [0.15, 0.2) is 5.78 Å². The predicted molar refractivity (Wildman–Crippen MR) is 211 cm³/mol. The van der Waals surface area contributed by atoms with Gasteiger partial charge in [0.2, 0.25) is 0 Å². The standard InChI is InChI=1S/C44H70O3S/c1-4-7-10-11-12-13-14-15-16-17-18-19-20-21-22-23-24-25-26-35-48-43-30-28-40(29-31-43)44(45)32-27-39-36-41(46-33-8-5-2)38-42(37-39)47-34-9-6-3/h27-32,36-38H,4-26,33-35H2,1-3H3/b32-27+. The van der Waals surface area contributed by atoms with Crippen LogP contribution in [0.5, 0.6) is 11.5 Å². The van der Waals surface area contributed by atoms with E-state index in [2.05, 4.69) is 32.9 Å². The normalized spacial score (nSPS) is 11.4. The smallest absolute Gasteiger partial charge is 0.185 e. The molecule has 0 aliphatic rings. The lowest BCUT2D eigenvalue weighted by molar-refractivity contribution is 0.104. The van der Waals surface area contributed by atoms with E-state index in [1.807, 2.05) is 48.2 Å². The van der Waals surface area contributed by atoms with Crippen molar-refractivity contribution in [3.8, 4) is 11.5 Å². The first-order valence-electron chi connectivity index (χ1n) is 20.0. The Morgan fingerprint density at radius 3 is 1.40 bits per heavy atom. The van der Waals surface area contributed by atoms with Crippen LogP contribution in [0.3, 0.4) is 0 Å². The van der Waals surface area contributed by atoms with E-state index in [1.165, 1.54) is 127 Å². The minimum atomic E-state index is 0.0103. The molecule has 2 aromatic rings. The molecule has 0 saturated heterocycles. The second-order valence-corrected chi connectivity index (χ2v) is 14.7. The van der Waals surface area contributed by atoms with E-state index in [4.69, 9.17) is 9.47 Å². The Morgan fingerprint density at radius 1 is 0.542 bits per heavy atom. The van der Waals surface area contributed by atoms with Crippen LogP contribution in [0.1, 0.15) is 184 Å². The lowest BCUT2D eigenvalue weighted by Crippen LogP contribution is -2.00. The fourth-order valence-electron chi connectivity index (χ4n) is 5.88. The molecule has 0 amide bonds. The third-order valence-corrected chi connectivity index (χ3v) is 10.1. The molecule has 0 heterocycles. The molecule has 2 rings (SSSR count). The molecule has 0 N–H and O–H groups in total. The number of thioether (sulfide) groups is 1. The number of rotatable bonds is 32. The van der Waals surface area contributed by atoms with Crippen LogP contribution in [0.2, 0.25) is 0 Å². The summed E-state index contributed by atoms with van der Waals surface area (Å²) in [6, 6.07) is 14.0. The quantitative estimate of drug-likeness (QED) is 0.0334. The molecule has 0 bridgehead atoms. The second-order valence-electron chi connectivity index (χ2n) is 13.6. The van der Waals surface area contributed by atoms with Crippen LogP contribution in [0.25, 0.3) is 6.08 Å². The number of ketones is 1. The van der Waals surface area contributed by atoms with Gasteiger partial charge in [0.25, 0.3) is 0 Å². The van der Waals surface area contributed by atoms with Crippen LogP contribution in [0.15, 0.2) is 53.4 Å². The monoisotopic (exact) mass is 679 g/mol. The van der Waals surface area contributed by atoms with Gasteiger partial charge in [-0.05, 0) is 73.1 Å². The Balaban J connectivity index is 1.54. The Kier molecular flexibility index (Phi) is 26.0. The molecule has 0 aromatic heterocycles. The highest BCUT2D eigenvalue weighted by molar-refractivity contribution is 7.99. The number of unbranched alkanes of at least 4 members (excludes halogenated alkanes) is 20. The fraction of sp³-hybridized carbons (Fsp3) is 0.659. The van der Waals surface area contributed by atoms with Crippen LogP contribution in [0.4, 0.5) is 0 Å². The summed E-state index contributed by atoms with van der Waals surface area (Å²) in [5, 5.41) is 0. The zero-order valence-corrected chi connectivity index (χ0v) is 32.0. The van der Waals surface area contributed by atoms with Gasteiger partial charge >= 0.3 is 0 Å². The molecule has 0 saturated carbocycles. The number of hydrogen-bond acceptors (Lipinski definition) is 4. The molecule has 0 spiro atoms. The summed E-state index contributed by atoms with van der Waals surface area (Å²) in [6.45, 7) is 7.97. The molecule has 4 heteroatoms. The van der Waals surface area contributed by atoms with Crippen LogP contribution in [0, 0.1) is 0 Å². The number of allylic oxidation sites excluding steroid dienone is 1. The molecule has 0 aliphatic carbocycles. The first-order chi connectivity index (χ1) is 23.7. The Bertz CT molecular complexity index is 1050. The molecular formula is C44H70O3S. The third kappa shape index (κ3) is 21.7. The molecule has 0 unspecified atom stereocenters. The summed E-state index contributed by atoms with van der Waals surface area (Å²) in [5.74, 6) is 2.73. The zero-order valence-electron chi connectivity index (χ0n) is 31.2. The van der Waals surface area contributed by atoms with E-state index in [9.17, 15) is 4.79 Å². The Labute approximate surface area is 300 Å². The van der Waals surface area contributed by atoms with Crippen LogP contribution in [-0.4, -0.2) is 24.7 Å². The Hall–Kier alpha value is -2.20. The van der Waals surface area contributed by atoms with E-state index in [0.29, 0.717) is 18.8 Å². The average molecular weight is 679 g/mol. The molecule has 0 radical (unpaired) electrons. The largest absolute Gasteiger partial charge is 0.493 e. The van der Waals surface area contributed by atoms with E-state index >= 15 is 0 Å². The summed E-state index contributed by atoms with van der Waals surface area (Å²) < 4.78 is 11.9. The van der Waals surface area contributed by atoms with Crippen LogP contribution >= 0.6 is 11.8 Å². The van der Waals surface area contributed by atoms with E-state index < -0.39 is 0 Å². The second kappa shape index (κ2) is 29.7. The van der Waals surface area contributed by atoms with E-state index in [-0.39, 0.29) is 5.78 Å². The van der Waals surface area contributed by atoms with Gasteiger partial charge in [-0.2, -0.15) is 0 Å². The molecule has 48 heavy (non-hydrogen) atoms. The van der Waals surface area contributed by atoms with Gasteiger partial charge in [0.1, 0.15) is 11.5 Å². The highest BCUT2D eigenvalue weighted by atomic mass is 32.2. The summed E-state index contributed by atoms with van der Waals surface area (Å²) >= 11 is 1.90. The average Bonchev–Trinajstić information content (AvgIpc) is 3.10. The maximum absolute atomic E-state index is 12.9. The molecule has 2 aromatic carbocycles. The molecule has 270 valence electrons. The first-order valence-corrected chi connectivity index (χ1v) is 21.0. The number of ether oxygens (including phenoxy) is 2. The summed E-state index contributed by atoms with van der Waals surface area (Å²) in [4.78, 5) is 14.2. The molecule has 0 aliphatic heterocycles. The van der Waals surface area contributed by atoms with Crippen molar-refractivity contribution in [2.75, 3.05) is 19.0 Å². The van der Waals surface area contributed by atoms with Crippen LogP contribution in [-0.2, 0) is 0 Å². The van der Waals surface area contributed by atoms with Crippen molar-refractivity contribution < 1.29 is 14.3 Å². The topological polar surface area (TPSA) is 35.5 Å². The summed E-state index contributed by atoms with van der Waals surface area (Å²) in [5.41, 5.74) is 1.63. The molecule has 0 atom stereocenters.